The largest absolute Gasteiger partial charge is 0.376 e. The molecular formula is C19H25N3O3. The van der Waals surface area contributed by atoms with E-state index >= 15 is 0 Å². The van der Waals surface area contributed by atoms with Crippen molar-refractivity contribution in [3.63, 3.8) is 0 Å². The third-order valence-electron chi connectivity index (χ3n) is 4.64. The molecule has 1 aromatic carbocycles. The highest BCUT2D eigenvalue weighted by Gasteiger charge is 2.25. The highest BCUT2D eigenvalue weighted by molar-refractivity contribution is 6.04. The Bertz CT molecular complexity index is 822. The molecule has 134 valence electrons. The number of fused-ring (bicyclic) bond motifs is 1. The standard InChI is InChI=1S/C19H25N3O3/c1-4-21(12-14-8-7-11-25-14)19(24)17-15-9-5-6-10-16(15)18(23)22(20-17)13(2)3/h5-6,9-10,13-14H,4,7-8,11-12H2,1-3H3/t14-/m1/s1. The van der Waals surface area contributed by atoms with Crippen LogP contribution in [0.3, 0.4) is 0 Å². The number of benzene rings is 1. The van der Waals surface area contributed by atoms with Crippen LogP contribution in [0.2, 0.25) is 0 Å². The average molecular weight is 343 g/mol. The number of hydrogen-bond donors (Lipinski definition) is 0. The van der Waals surface area contributed by atoms with E-state index in [2.05, 4.69) is 5.10 Å². The van der Waals surface area contributed by atoms with E-state index in [9.17, 15) is 9.59 Å². The highest BCUT2D eigenvalue weighted by atomic mass is 16.5. The van der Waals surface area contributed by atoms with Crippen molar-refractivity contribution in [3.05, 3.63) is 40.3 Å². The second-order valence-corrected chi connectivity index (χ2v) is 6.72. The number of nitrogens with zero attached hydrogens (tertiary/aromatic N) is 3. The fourth-order valence-electron chi connectivity index (χ4n) is 3.25. The van der Waals surface area contributed by atoms with Gasteiger partial charge in [-0.25, -0.2) is 4.68 Å². The second-order valence-electron chi connectivity index (χ2n) is 6.72. The maximum atomic E-state index is 13.2. The van der Waals surface area contributed by atoms with Crippen LogP contribution in [0.15, 0.2) is 29.1 Å². The van der Waals surface area contributed by atoms with Crippen molar-refractivity contribution in [1.29, 1.82) is 0 Å². The SMILES string of the molecule is CCN(C[C@H]1CCCO1)C(=O)c1nn(C(C)C)c(=O)c2ccccc12. The van der Waals surface area contributed by atoms with E-state index in [1.165, 1.54) is 4.68 Å². The van der Waals surface area contributed by atoms with E-state index in [-0.39, 0.29) is 23.6 Å². The summed E-state index contributed by atoms with van der Waals surface area (Å²) >= 11 is 0. The monoisotopic (exact) mass is 343 g/mol. The van der Waals surface area contributed by atoms with Gasteiger partial charge in [0.2, 0.25) is 0 Å². The Hall–Kier alpha value is -2.21. The Morgan fingerprint density at radius 1 is 1.36 bits per heavy atom. The molecule has 0 saturated carbocycles. The van der Waals surface area contributed by atoms with Gasteiger partial charge < -0.3 is 9.64 Å². The molecule has 0 spiro atoms. The number of hydrogen-bond acceptors (Lipinski definition) is 4. The van der Waals surface area contributed by atoms with Gasteiger partial charge in [0.05, 0.1) is 17.5 Å². The van der Waals surface area contributed by atoms with Gasteiger partial charge in [-0.1, -0.05) is 18.2 Å². The summed E-state index contributed by atoms with van der Waals surface area (Å²) < 4.78 is 7.07. The van der Waals surface area contributed by atoms with Gasteiger partial charge in [-0.2, -0.15) is 5.10 Å². The summed E-state index contributed by atoms with van der Waals surface area (Å²) in [5, 5.41) is 5.56. The lowest BCUT2D eigenvalue weighted by Gasteiger charge is -2.24. The maximum Gasteiger partial charge on any atom is 0.275 e. The number of carbonyl (C=O) groups excluding carboxylic acids is 1. The molecule has 0 unspecified atom stereocenters. The minimum Gasteiger partial charge on any atom is -0.376 e. The van der Waals surface area contributed by atoms with Crippen LogP contribution in [-0.2, 0) is 4.74 Å². The van der Waals surface area contributed by atoms with Gasteiger partial charge in [0.25, 0.3) is 11.5 Å². The lowest BCUT2D eigenvalue weighted by molar-refractivity contribution is 0.0534. The molecule has 1 saturated heterocycles. The van der Waals surface area contributed by atoms with Gasteiger partial charge in [0.1, 0.15) is 0 Å². The van der Waals surface area contributed by atoms with Crippen LogP contribution >= 0.6 is 0 Å². The molecule has 6 heteroatoms. The van der Waals surface area contributed by atoms with Crippen molar-refractivity contribution in [2.24, 2.45) is 0 Å². The van der Waals surface area contributed by atoms with Crippen LogP contribution in [0, 0.1) is 0 Å². The third kappa shape index (κ3) is 3.44. The highest BCUT2D eigenvalue weighted by Crippen LogP contribution is 2.19. The van der Waals surface area contributed by atoms with Crippen molar-refractivity contribution in [1.82, 2.24) is 14.7 Å². The van der Waals surface area contributed by atoms with Crippen molar-refractivity contribution >= 4 is 16.7 Å². The van der Waals surface area contributed by atoms with Crippen LogP contribution in [0.25, 0.3) is 10.8 Å². The number of amides is 1. The minimum atomic E-state index is -0.163. The zero-order chi connectivity index (χ0) is 18.0. The van der Waals surface area contributed by atoms with Crippen molar-refractivity contribution in [2.45, 2.75) is 45.8 Å². The molecule has 6 nitrogen and oxygen atoms in total. The molecular weight excluding hydrogens is 318 g/mol. The fourth-order valence-corrected chi connectivity index (χ4v) is 3.25. The first-order valence-corrected chi connectivity index (χ1v) is 8.95. The Labute approximate surface area is 147 Å². The van der Waals surface area contributed by atoms with Crippen LogP contribution in [0.1, 0.15) is 50.1 Å². The van der Waals surface area contributed by atoms with Gasteiger partial charge in [-0.3, -0.25) is 9.59 Å². The minimum absolute atomic E-state index is 0.0890. The van der Waals surface area contributed by atoms with Crippen LogP contribution in [-0.4, -0.2) is 46.4 Å². The first-order valence-electron chi connectivity index (χ1n) is 8.95. The zero-order valence-electron chi connectivity index (χ0n) is 15.1. The van der Waals surface area contributed by atoms with Gasteiger partial charge in [0.15, 0.2) is 5.69 Å². The predicted molar refractivity (Wildman–Crippen MR) is 96.9 cm³/mol. The number of likely N-dealkylation sites (N-methyl/N-ethyl adjacent to an activating group) is 1. The summed E-state index contributed by atoms with van der Waals surface area (Å²) in [6, 6.07) is 7.08. The molecule has 0 radical (unpaired) electrons. The molecule has 0 bridgehead atoms. The molecule has 25 heavy (non-hydrogen) atoms. The van der Waals surface area contributed by atoms with E-state index in [4.69, 9.17) is 4.74 Å². The van der Waals surface area contributed by atoms with E-state index in [0.29, 0.717) is 29.6 Å². The molecule has 1 amide bonds. The zero-order valence-corrected chi connectivity index (χ0v) is 15.1. The maximum absolute atomic E-state index is 13.2. The van der Waals surface area contributed by atoms with E-state index in [0.717, 1.165) is 19.4 Å². The topological polar surface area (TPSA) is 64.4 Å². The van der Waals surface area contributed by atoms with Gasteiger partial charge in [-0.15, -0.1) is 0 Å². The molecule has 1 atom stereocenters. The number of aromatic nitrogens is 2. The van der Waals surface area contributed by atoms with E-state index in [1.807, 2.05) is 32.9 Å². The Morgan fingerprint density at radius 2 is 2.08 bits per heavy atom. The molecule has 3 rings (SSSR count). The van der Waals surface area contributed by atoms with Crippen molar-refractivity contribution in [2.75, 3.05) is 19.7 Å². The summed E-state index contributed by atoms with van der Waals surface area (Å²) in [5.41, 5.74) is 0.174. The molecule has 1 aliphatic heterocycles. The first kappa shape index (κ1) is 17.6. The predicted octanol–water partition coefficient (Wildman–Crippen LogP) is 2.62. The first-order chi connectivity index (χ1) is 12.0. The molecule has 2 heterocycles. The molecule has 1 aliphatic rings. The van der Waals surface area contributed by atoms with E-state index < -0.39 is 0 Å². The number of ether oxygens (including phenoxy) is 1. The summed E-state index contributed by atoms with van der Waals surface area (Å²) in [4.78, 5) is 27.5. The second kappa shape index (κ2) is 7.35. The summed E-state index contributed by atoms with van der Waals surface area (Å²) in [7, 11) is 0. The lowest BCUT2D eigenvalue weighted by atomic mass is 10.1. The average Bonchev–Trinajstić information content (AvgIpc) is 3.12. The Morgan fingerprint density at radius 3 is 2.68 bits per heavy atom. The van der Waals surface area contributed by atoms with Gasteiger partial charge in [0, 0.05) is 25.1 Å². The van der Waals surface area contributed by atoms with Crippen LogP contribution in [0.4, 0.5) is 0 Å². The van der Waals surface area contributed by atoms with Crippen LogP contribution in [0.5, 0.6) is 0 Å². The summed E-state index contributed by atoms with van der Waals surface area (Å²) in [5.74, 6) is -0.149. The lowest BCUT2D eigenvalue weighted by Crippen LogP contribution is -2.39. The van der Waals surface area contributed by atoms with Crippen LogP contribution < -0.4 is 5.56 Å². The quantitative estimate of drug-likeness (QED) is 0.837. The molecule has 0 aliphatic carbocycles. The molecule has 1 aromatic heterocycles. The molecule has 0 N–H and O–H groups in total. The Balaban J connectivity index is 2.05. The van der Waals surface area contributed by atoms with Crippen molar-refractivity contribution < 1.29 is 9.53 Å². The summed E-state index contributed by atoms with van der Waals surface area (Å²) in [6.45, 7) is 7.63. The van der Waals surface area contributed by atoms with Crippen molar-refractivity contribution in [3.8, 4) is 0 Å². The number of rotatable bonds is 5. The van der Waals surface area contributed by atoms with Gasteiger partial charge in [-0.05, 0) is 39.7 Å². The number of carbonyl (C=O) groups is 1. The van der Waals surface area contributed by atoms with Gasteiger partial charge >= 0.3 is 0 Å². The normalized spacial score (nSPS) is 17.4. The third-order valence-corrected chi connectivity index (χ3v) is 4.64. The Kier molecular flexibility index (Phi) is 5.18. The fraction of sp³-hybridized carbons (Fsp3) is 0.526. The molecule has 2 aromatic rings. The van der Waals surface area contributed by atoms with E-state index in [1.54, 1.807) is 17.0 Å². The molecule has 1 fully saturated rings. The summed E-state index contributed by atoms with van der Waals surface area (Å²) in [6.07, 6.45) is 2.10. The smallest absolute Gasteiger partial charge is 0.275 e.